The van der Waals surface area contributed by atoms with Gasteiger partial charge in [0.15, 0.2) is 0 Å². The van der Waals surface area contributed by atoms with Crippen molar-refractivity contribution in [2.24, 2.45) is 0 Å². The number of alkyl halides is 2. The molecule has 0 heterocycles. The fraction of sp³-hybridized carbons (Fsp3) is 0.364. The Bertz CT molecular complexity index is 476. The van der Waals surface area contributed by atoms with E-state index in [2.05, 4.69) is 0 Å². The molecule has 0 spiro atoms. The van der Waals surface area contributed by atoms with Crippen LogP contribution in [0.15, 0.2) is 18.2 Å². The zero-order chi connectivity index (χ0) is 13.9. The molecule has 0 aliphatic heterocycles. The molecule has 18 heavy (non-hydrogen) atoms. The lowest BCUT2D eigenvalue weighted by Crippen LogP contribution is -2.13. The monoisotopic (exact) mass is 259 g/mol. The summed E-state index contributed by atoms with van der Waals surface area (Å²) in [5.41, 5.74) is -1.15. The molecule has 0 amide bonds. The van der Waals surface area contributed by atoms with Gasteiger partial charge in [-0.05, 0) is 12.0 Å². The molecule has 1 aromatic rings. The number of benzene rings is 1. The highest BCUT2D eigenvalue weighted by Gasteiger charge is 2.26. The summed E-state index contributed by atoms with van der Waals surface area (Å²) in [6.45, 7) is 1.55. The van der Waals surface area contributed by atoms with Gasteiger partial charge < -0.3 is 5.11 Å². The lowest BCUT2D eigenvalue weighted by Gasteiger charge is -2.14. The van der Waals surface area contributed by atoms with E-state index in [9.17, 15) is 23.7 Å². The number of carbonyl (C=O) groups is 1. The summed E-state index contributed by atoms with van der Waals surface area (Å²) < 4.78 is 25.6. The second kappa shape index (κ2) is 5.52. The van der Waals surface area contributed by atoms with Crippen LogP contribution in [0.5, 0.6) is 0 Å². The lowest BCUT2D eigenvalue weighted by molar-refractivity contribution is -0.385. The van der Waals surface area contributed by atoms with Crippen LogP contribution < -0.4 is 0 Å². The number of aliphatic carboxylic acids is 1. The van der Waals surface area contributed by atoms with E-state index in [-0.39, 0.29) is 12.0 Å². The van der Waals surface area contributed by atoms with Crippen LogP contribution >= 0.6 is 0 Å². The van der Waals surface area contributed by atoms with Gasteiger partial charge in [-0.25, -0.2) is 8.78 Å². The summed E-state index contributed by atoms with van der Waals surface area (Å²) in [5.74, 6) is -2.32. The molecule has 7 heteroatoms. The first-order valence-electron chi connectivity index (χ1n) is 5.17. The van der Waals surface area contributed by atoms with Gasteiger partial charge in [-0.3, -0.25) is 14.9 Å². The number of hydrogen-bond acceptors (Lipinski definition) is 3. The minimum Gasteiger partial charge on any atom is -0.481 e. The van der Waals surface area contributed by atoms with Crippen LogP contribution in [0.4, 0.5) is 14.5 Å². The first-order chi connectivity index (χ1) is 8.38. The SMILES string of the molecule is CCC(C(=O)O)c1ccc([N+](=O)[O-])cc1C(F)F. The largest absolute Gasteiger partial charge is 0.481 e. The standard InChI is InChI=1S/C11H11F2NO4/c1-2-7(11(15)16)8-4-3-6(14(17)18)5-9(8)10(12)13/h3-5,7,10H,2H2,1H3,(H,15,16). The lowest BCUT2D eigenvalue weighted by atomic mass is 9.92. The van der Waals surface area contributed by atoms with Crippen molar-refractivity contribution in [3.05, 3.63) is 39.4 Å². The van der Waals surface area contributed by atoms with Crippen LogP contribution in [0, 0.1) is 10.1 Å². The van der Waals surface area contributed by atoms with Crippen molar-refractivity contribution >= 4 is 11.7 Å². The van der Waals surface area contributed by atoms with Crippen LogP contribution in [0.1, 0.15) is 36.8 Å². The molecule has 1 unspecified atom stereocenters. The highest BCUT2D eigenvalue weighted by Crippen LogP contribution is 2.33. The molecule has 0 saturated carbocycles. The number of non-ortho nitro benzene ring substituents is 1. The summed E-state index contributed by atoms with van der Waals surface area (Å²) in [7, 11) is 0. The van der Waals surface area contributed by atoms with E-state index in [0.717, 1.165) is 18.2 Å². The van der Waals surface area contributed by atoms with Gasteiger partial charge in [-0.15, -0.1) is 0 Å². The number of nitro benzene ring substituents is 1. The number of carboxylic acids is 1. The molecule has 1 atom stereocenters. The molecule has 0 aliphatic carbocycles. The maximum Gasteiger partial charge on any atom is 0.310 e. The Morgan fingerprint density at radius 2 is 2.06 bits per heavy atom. The molecular weight excluding hydrogens is 248 g/mol. The van der Waals surface area contributed by atoms with Crippen molar-refractivity contribution in [2.45, 2.75) is 25.7 Å². The second-order valence-corrected chi connectivity index (χ2v) is 3.67. The Kier molecular flexibility index (Phi) is 4.30. The molecule has 1 rings (SSSR count). The van der Waals surface area contributed by atoms with Gasteiger partial charge in [-0.1, -0.05) is 13.0 Å². The van der Waals surface area contributed by atoms with Crippen LogP contribution in [0.3, 0.4) is 0 Å². The van der Waals surface area contributed by atoms with Gasteiger partial charge in [0.05, 0.1) is 10.8 Å². The first kappa shape index (κ1) is 14.0. The van der Waals surface area contributed by atoms with Crippen molar-refractivity contribution in [1.82, 2.24) is 0 Å². The molecule has 1 aromatic carbocycles. The zero-order valence-corrected chi connectivity index (χ0v) is 9.47. The fourth-order valence-corrected chi connectivity index (χ4v) is 1.71. The molecule has 0 aliphatic rings. The van der Waals surface area contributed by atoms with E-state index in [1.165, 1.54) is 0 Å². The topological polar surface area (TPSA) is 80.4 Å². The summed E-state index contributed by atoms with van der Waals surface area (Å²) in [6, 6.07) is 2.85. The summed E-state index contributed by atoms with van der Waals surface area (Å²) in [4.78, 5) is 20.7. The quantitative estimate of drug-likeness (QED) is 0.650. The van der Waals surface area contributed by atoms with Gasteiger partial charge in [0, 0.05) is 17.7 Å². The highest BCUT2D eigenvalue weighted by molar-refractivity contribution is 5.76. The van der Waals surface area contributed by atoms with E-state index >= 15 is 0 Å². The van der Waals surface area contributed by atoms with E-state index in [0.29, 0.717) is 0 Å². The van der Waals surface area contributed by atoms with Crippen molar-refractivity contribution in [2.75, 3.05) is 0 Å². The van der Waals surface area contributed by atoms with Gasteiger partial charge >= 0.3 is 5.97 Å². The Labute approximate surface area is 101 Å². The van der Waals surface area contributed by atoms with E-state index in [4.69, 9.17) is 5.11 Å². The Morgan fingerprint density at radius 1 is 1.44 bits per heavy atom. The summed E-state index contributed by atoms with van der Waals surface area (Å²) >= 11 is 0. The van der Waals surface area contributed by atoms with Crippen molar-refractivity contribution in [1.29, 1.82) is 0 Å². The molecule has 0 bridgehead atoms. The molecule has 0 fully saturated rings. The molecule has 0 aromatic heterocycles. The average molecular weight is 259 g/mol. The van der Waals surface area contributed by atoms with Crippen LogP contribution in [-0.2, 0) is 4.79 Å². The van der Waals surface area contributed by atoms with E-state index in [1.807, 2.05) is 0 Å². The smallest absolute Gasteiger partial charge is 0.310 e. The van der Waals surface area contributed by atoms with Crippen LogP contribution in [-0.4, -0.2) is 16.0 Å². The van der Waals surface area contributed by atoms with Crippen LogP contribution in [0.2, 0.25) is 0 Å². The van der Waals surface area contributed by atoms with Gasteiger partial charge in [-0.2, -0.15) is 0 Å². The average Bonchev–Trinajstić information content (AvgIpc) is 2.29. The predicted octanol–water partition coefficient (Wildman–Crippen LogP) is 3.11. The van der Waals surface area contributed by atoms with Gasteiger partial charge in [0.2, 0.25) is 0 Å². The third-order valence-corrected chi connectivity index (χ3v) is 2.60. The molecule has 0 saturated heterocycles. The van der Waals surface area contributed by atoms with Crippen molar-refractivity contribution < 1.29 is 23.6 Å². The molecule has 5 nitrogen and oxygen atoms in total. The minimum atomic E-state index is -2.95. The number of hydrogen-bond donors (Lipinski definition) is 1. The summed E-state index contributed by atoms with van der Waals surface area (Å²) in [6.07, 6.45) is -2.82. The Balaban J connectivity index is 3.35. The minimum absolute atomic E-state index is 0.0781. The first-order valence-corrected chi connectivity index (χ1v) is 5.17. The van der Waals surface area contributed by atoms with Crippen molar-refractivity contribution in [3.63, 3.8) is 0 Å². The number of nitrogens with zero attached hydrogens (tertiary/aromatic N) is 1. The maximum atomic E-state index is 12.8. The number of carboxylic acid groups (broad SMARTS) is 1. The number of halogens is 2. The fourth-order valence-electron chi connectivity index (χ4n) is 1.71. The van der Waals surface area contributed by atoms with Gasteiger partial charge in [0.25, 0.3) is 12.1 Å². The molecule has 1 N–H and O–H groups in total. The van der Waals surface area contributed by atoms with E-state index < -0.39 is 34.5 Å². The van der Waals surface area contributed by atoms with Crippen LogP contribution in [0.25, 0.3) is 0 Å². The predicted molar refractivity (Wildman–Crippen MR) is 58.7 cm³/mol. The van der Waals surface area contributed by atoms with E-state index in [1.54, 1.807) is 6.92 Å². The Morgan fingerprint density at radius 3 is 2.44 bits per heavy atom. The molecular formula is C11H11F2NO4. The maximum absolute atomic E-state index is 12.8. The highest BCUT2D eigenvalue weighted by atomic mass is 19.3. The molecule has 0 radical (unpaired) electrons. The second-order valence-electron chi connectivity index (χ2n) is 3.67. The third kappa shape index (κ3) is 2.79. The van der Waals surface area contributed by atoms with Gasteiger partial charge in [0.1, 0.15) is 0 Å². The van der Waals surface area contributed by atoms with Crippen molar-refractivity contribution in [3.8, 4) is 0 Å². The third-order valence-electron chi connectivity index (χ3n) is 2.60. The number of nitro groups is 1. The Hall–Kier alpha value is -2.05. The summed E-state index contributed by atoms with van der Waals surface area (Å²) in [5, 5.41) is 19.4. The normalized spacial score (nSPS) is 12.4. The number of rotatable bonds is 5. The zero-order valence-electron chi connectivity index (χ0n) is 9.47. The molecule has 98 valence electrons.